The fraction of sp³-hybridized carbons (Fsp3) is 0.364. The Hall–Kier alpha value is -1.95. The molecule has 1 atom stereocenters. The molecule has 90 valence electrons. The van der Waals surface area contributed by atoms with Gasteiger partial charge >= 0.3 is 0 Å². The topological polar surface area (TPSA) is 75.7 Å². The Morgan fingerprint density at radius 3 is 2.94 bits per heavy atom. The van der Waals surface area contributed by atoms with Crippen LogP contribution < -0.4 is 10.1 Å². The monoisotopic (exact) mass is 233 g/mol. The van der Waals surface area contributed by atoms with Crippen LogP contribution in [0.4, 0.5) is 0 Å². The molecule has 0 saturated heterocycles. The predicted molar refractivity (Wildman–Crippen MR) is 62.7 cm³/mol. The van der Waals surface area contributed by atoms with Crippen molar-refractivity contribution in [3.8, 4) is 5.75 Å². The number of H-pyrrole nitrogens is 1. The second kappa shape index (κ2) is 5.40. The SMILES string of the molecule is CCOc1cncc(C(NC)c2cn[nH]n2)c1. The maximum Gasteiger partial charge on any atom is 0.137 e. The molecule has 2 aromatic heterocycles. The Balaban J connectivity index is 2.28. The van der Waals surface area contributed by atoms with Crippen LogP contribution in [0.15, 0.2) is 24.7 Å². The summed E-state index contributed by atoms with van der Waals surface area (Å²) in [5.74, 6) is 0.758. The van der Waals surface area contributed by atoms with E-state index in [1.807, 2.05) is 20.0 Å². The number of nitrogens with one attached hydrogen (secondary N) is 2. The molecule has 0 aliphatic rings. The van der Waals surface area contributed by atoms with Crippen LogP contribution in [0, 0.1) is 0 Å². The first-order valence-electron chi connectivity index (χ1n) is 5.45. The summed E-state index contributed by atoms with van der Waals surface area (Å²) in [4.78, 5) is 4.16. The molecule has 6 nitrogen and oxygen atoms in total. The summed E-state index contributed by atoms with van der Waals surface area (Å²) in [5.41, 5.74) is 1.82. The molecule has 0 aliphatic heterocycles. The second-order valence-corrected chi connectivity index (χ2v) is 3.50. The first-order valence-corrected chi connectivity index (χ1v) is 5.45. The number of nitrogens with zero attached hydrogens (tertiary/aromatic N) is 3. The summed E-state index contributed by atoms with van der Waals surface area (Å²) < 4.78 is 5.42. The van der Waals surface area contributed by atoms with Gasteiger partial charge in [0.1, 0.15) is 11.4 Å². The van der Waals surface area contributed by atoms with Crippen molar-refractivity contribution < 1.29 is 4.74 Å². The van der Waals surface area contributed by atoms with E-state index in [1.165, 1.54) is 0 Å². The van der Waals surface area contributed by atoms with Crippen LogP contribution in [0.1, 0.15) is 24.2 Å². The Kier molecular flexibility index (Phi) is 3.66. The average molecular weight is 233 g/mol. The smallest absolute Gasteiger partial charge is 0.137 e. The largest absolute Gasteiger partial charge is 0.492 e. The molecule has 0 bridgehead atoms. The summed E-state index contributed by atoms with van der Waals surface area (Å²) in [6, 6.07) is 1.91. The molecule has 2 N–H and O–H groups in total. The quantitative estimate of drug-likeness (QED) is 0.802. The number of rotatable bonds is 5. The molecular weight excluding hydrogens is 218 g/mol. The highest BCUT2D eigenvalue weighted by atomic mass is 16.5. The molecule has 0 aliphatic carbocycles. The van der Waals surface area contributed by atoms with Crippen molar-refractivity contribution >= 4 is 0 Å². The molecule has 2 heterocycles. The Morgan fingerprint density at radius 2 is 2.29 bits per heavy atom. The van der Waals surface area contributed by atoms with E-state index >= 15 is 0 Å². The third-order valence-corrected chi connectivity index (χ3v) is 2.40. The number of aromatic nitrogens is 4. The lowest BCUT2D eigenvalue weighted by Crippen LogP contribution is -2.18. The van der Waals surface area contributed by atoms with Gasteiger partial charge in [-0.3, -0.25) is 4.98 Å². The number of hydrogen-bond donors (Lipinski definition) is 2. The lowest BCUT2D eigenvalue weighted by molar-refractivity contribution is 0.338. The van der Waals surface area contributed by atoms with Crippen molar-refractivity contribution in [3.05, 3.63) is 35.9 Å². The molecule has 2 aromatic rings. The van der Waals surface area contributed by atoms with Crippen LogP contribution in [-0.2, 0) is 0 Å². The summed E-state index contributed by atoms with van der Waals surface area (Å²) in [5, 5.41) is 13.7. The minimum absolute atomic E-state index is 0.0401. The predicted octanol–water partition coefficient (Wildman–Crippen LogP) is 0.907. The van der Waals surface area contributed by atoms with E-state index in [0.717, 1.165) is 17.0 Å². The van der Waals surface area contributed by atoms with Crippen molar-refractivity contribution in [1.82, 2.24) is 25.7 Å². The van der Waals surface area contributed by atoms with Gasteiger partial charge < -0.3 is 10.1 Å². The van der Waals surface area contributed by atoms with Crippen LogP contribution in [0.3, 0.4) is 0 Å². The van der Waals surface area contributed by atoms with Crippen LogP contribution >= 0.6 is 0 Å². The zero-order valence-electron chi connectivity index (χ0n) is 9.84. The molecule has 0 spiro atoms. The zero-order valence-corrected chi connectivity index (χ0v) is 9.84. The highest BCUT2D eigenvalue weighted by molar-refractivity contribution is 5.30. The third-order valence-electron chi connectivity index (χ3n) is 2.40. The van der Waals surface area contributed by atoms with Crippen LogP contribution in [0.2, 0.25) is 0 Å². The molecule has 17 heavy (non-hydrogen) atoms. The minimum atomic E-state index is -0.0401. The average Bonchev–Trinajstić information content (AvgIpc) is 2.85. The normalized spacial score (nSPS) is 12.4. The highest BCUT2D eigenvalue weighted by Gasteiger charge is 2.15. The molecular formula is C11H15N5O. The van der Waals surface area contributed by atoms with Gasteiger partial charge in [-0.15, -0.1) is 0 Å². The van der Waals surface area contributed by atoms with E-state index in [0.29, 0.717) is 6.61 Å². The van der Waals surface area contributed by atoms with Gasteiger partial charge in [0.05, 0.1) is 25.0 Å². The molecule has 6 heteroatoms. The van der Waals surface area contributed by atoms with Crippen molar-refractivity contribution in [3.63, 3.8) is 0 Å². The van der Waals surface area contributed by atoms with Gasteiger partial charge in [0.25, 0.3) is 0 Å². The van der Waals surface area contributed by atoms with Crippen LogP contribution in [-0.4, -0.2) is 34.0 Å². The molecule has 1 unspecified atom stereocenters. The Bertz CT molecular complexity index is 457. The van der Waals surface area contributed by atoms with E-state index in [-0.39, 0.29) is 6.04 Å². The highest BCUT2D eigenvalue weighted by Crippen LogP contribution is 2.21. The summed E-state index contributed by atoms with van der Waals surface area (Å²) in [6.07, 6.45) is 5.18. The third kappa shape index (κ3) is 2.59. The number of hydrogen-bond acceptors (Lipinski definition) is 5. The van der Waals surface area contributed by atoms with E-state index in [1.54, 1.807) is 18.6 Å². The zero-order chi connectivity index (χ0) is 12.1. The van der Waals surface area contributed by atoms with E-state index < -0.39 is 0 Å². The molecule has 0 fully saturated rings. The first-order chi connectivity index (χ1) is 8.35. The van der Waals surface area contributed by atoms with E-state index in [4.69, 9.17) is 4.74 Å². The van der Waals surface area contributed by atoms with Gasteiger partial charge in [0.15, 0.2) is 0 Å². The number of aromatic amines is 1. The second-order valence-electron chi connectivity index (χ2n) is 3.50. The lowest BCUT2D eigenvalue weighted by atomic mass is 10.1. The standard InChI is InChI=1S/C11H15N5O/c1-3-17-9-4-8(5-13-6-9)11(12-2)10-7-14-16-15-10/h4-7,11-12H,3H2,1-2H3,(H,14,15,16). The lowest BCUT2D eigenvalue weighted by Gasteiger charge is -2.14. The van der Waals surface area contributed by atoms with Crippen molar-refractivity contribution in [2.75, 3.05) is 13.7 Å². The van der Waals surface area contributed by atoms with Gasteiger partial charge in [-0.1, -0.05) is 0 Å². The van der Waals surface area contributed by atoms with Crippen LogP contribution in [0.5, 0.6) is 5.75 Å². The first kappa shape index (κ1) is 11.5. The molecule has 0 saturated carbocycles. The summed E-state index contributed by atoms with van der Waals surface area (Å²) >= 11 is 0. The van der Waals surface area contributed by atoms with Gasteiger partial charge in [0, 0.05) is 6.20 Å². The molecule has 0 amide bonds. The van der Waals surface area contributed by atoms with Crippen molar-refractivity contribution in [2.45, 2.75) is 13.0 Å². The van der Waals surface area contributed by atoms with Gasteiger partial charge in [-0.2, -0.15) is 15.4 Å². The van der Waals surface area contributed by atoms with Gasteiger partial charge in [0.2, 0.25) is 0 Å². The maximum atomic E-state index is 5.42. The minimum Gasteiger partial charge on any atom is -0.492 e. The van der Waals surface area contributed by atoms with Gasteiger partial charge in [-0.05, 0) is 25.6 Å². The molecule has 0 aromatic carbocycles. The number of ether oxygens (including phenoxy) is 1. The summed E-state index contributed by atoms with van der Waals surface area (Å²) in [7, 11) is 1.87. The van der Waals surface area contributed by atoms with E-state index in [9.17, 15) is 0 Å². The summed E-state index contributed by atoms with van der Waals surface area (Å²) in [6.45, 7) is 2.57. The molecule has 2 rings (SSSR count). The number of pyridine rings is 1. The fourth-order valence-corrected chi connectivity index (χ4v) is 1.67. The fourth-order valence-electron chi connectivity index (χ4n) is 1.67. The Labute approximate surface area is 99.4 Å². The van der Waals surface area contributed by atoms with E-state index in [2.05, 4.69) is 25.7 Å². The maximum absolute atomic E-state index is 5.42. The Morgan fingerprint density at radius 1 is 1.41 bits per heavy atom. The van der Waals surface area contributed by atoms with Crippen molar-refractivity contribution in [2.24, 2.45) is 0 Å². The van der Waals surface area contributed by atoms with Crippen molar-refractivity contribution in [1.29, 1.82) is 0 Å². The van der Waals surface area contributed by atoms with Gasteiger partial charge in [-0.25, -0.2) is 0 Å². The van der Waals surface area contributed by atoms with Crippen LogP contribution in [0.25, 0.3) is 0 Å². The molecule has 0 radical (unpaired) electrons.